The minimum atomic E-state index is -0.801. The van der Waals surface area contributed by atoms with Gasteiger partial charge in [-0.05, 0) is 74.2 Å². The Labute approximate surface area is 216 Å². The van der Waals surface area contributed by atoms with Crippen molar-refractivity contribution >= 4 is 23.7 Å². The number of nitrogens with one attached hydrogen (secondary N) is 2. The van der Waals surface area contributed by atoms with Crippen molar-refractivity contribution in [2.45, 2.75) is 40.2 Å². The fourth-order valence-corrected chi connectivity index (χ4v) is 3.62. The van der Waals surface area contributed by atoms with Crippen LogP contribution >= 0.6 is 0 Å². The smallest absolute Gasteiger partial charge is 0.493 e. The molecule has 0 atom stereocenters. The molecule has 3 rings (SSSR count). The first-order valence-corrected chi connectivity index (χ1v) is 12.2. The summed E-state index contributed by atoms with van der Waals surface area (Å²) in [6.07, 6.45) is 0.123. The number of para-hydroxylation sites is 2. The van der Waals surface area contributed by atoms with E-state index in [0.717, 1.165) is 22.4 Å². The molecule has 194 valence electrons. The Kier molecular flexibility index (Phi) is 10.1. The van der Waals surface area contributed by atoms with E-state index in [4.69, 9.17) is 14.2 Å². The molecule has 0 bridgehead atoms. The molecular weight excluding hydrogens is 472 g/mol. The third-order valence-electron chi connectivity index (χ3n) is 5.52. The van der Waals surface area contributed by atoms with Crippen molar-refractivity contribution in [3.63, 3.8) is 0 Å². The lowest BCUT2D eigenvalue weighted by molar-refractivity contribution is -0.121. The van der Waals surface area contributed by atoms with E-state index in [9.17, 15) is 14.4 Å². The second-order valence-corrected chi connectivity index (χ2v) is 8.37. The largest absolute Gasteiger partial charge is 0.513 e. The van der Waals surface area contributed by atoms with Crippen molar-refractivity contribution in [3.8, 4) is 11.5 Å². The summed E-state index contributed by atoms with van der Waals surface area (Å²) < 4.78 is 15.6. The highest BCUT2D eigenvalue weighted by atomic mass is 16.7. The first-order chi connectivity index (χ1) is 17.9. The van der Waals surface area contributed by atoms with E-state index in [1.807, 2.05) is 50.2 Å². The van der Waals surface area contributed by atoms with Gasteiger partial charge < -0.3 is 24.8 Å². The Morgan fingerprint density at radius 3 is 2.27 bits per heavy atom. The van der Waals surface area contributed by atoms with Crippen LogP contribution in [0.3, 0.4) is 0 Å². The van der Waals surface area contributed by atoms with Crippen molar-refractivity contribution in [2.24, 2.45) is 0 Å². The van der Waals surface area contributed by atoms with Crippen molar-refractivity contribution < 1.29 is 28.6 Å². The Morgan fingerprint density at radius 2 is 1.57 bits per heavy atom. The van der Waals surface area contributed by atoms with Crippen molar-refractivity contribution in [3.05, 3.63) is 89.0 Å². The maximum atomic E-state index is 12.7. The molecule has 0 aliphatic rings. The summed E-state index contributed by atoms with van der Waals surface area (Å²) in [6.45, 7) is 6.62. The lowest BCUT2D eigenvalue weighted by Crippen LogP contribution is -2.24. The third kappa shape index (κ3) is 8.38. The van der Waals surface area contributed by atoms with Crippen LogP contribution in [0.2, 0.25) is 0 Å². The number of aryl methyl sites for hydroxylation is 2. The summed E-state index contributed by atoms with van der Waals surface area (Å²) in [5.74, 6) is 0.722. The summed E-state index contributed by atoms with van der Waals surface area (Å²) in [4.78, 5) is 36.5. The van der Waals surface area contributed by atoms with Crippen LogP contribution in [-0.4, -0.2) is 31.2 Å². The molecule has 0 saturated carbocycles. The standard InChI is InChI=1S/C29H32N2O6/c1-4-35-29(34)37-24-16-14-22(15-17-24)28(33)31-25-12-6-5-11-23(25)19-30-26(32)13-8-18-36-27-20(2)9-7-10-21(27)3/h5-7,9-12,14-17H,4,8,13,18-19H2,1-3H3,(H,30,32)(H,31,33). The van der Waals surface area contributed by atoms with Gasteiger partial charge in [-0.1, -0.05) is 36.4 Å². The molecule has 0 heterocycles. The number of benzene rings is 3. The summed E-state index contributed by atoms with van der Waals surface area (Å²) >= 11 is 0. The van der Waals surface area contributed by atoms with Gasteiger partial charge in [0.2, 0.25) is 5.91 Å². The number of rotatable bonds is 11. The number of anilines is 1. The first kappa shape index (κ1) is 27.3. The second kappa shape index (κ2) is 13.7. The summed E-state index contributed by atoms with van der Waals surface area (Å²) in [7, 11) is 0. The van der Waals surface area contributed by atoms with Crippen LogP contribution in [0.15, 0.2) is 66.7 Å². The average molecular weight is 505 g/mol. The lowest BCUT2D eigenvalue weighted by atomic mass is 10.1. The fraction of sp³-hybridized carbons (Fsp3) is 0.276. The number of hydrogen-bond acceptors (Lipinski definition) is 6. The topological polar surface area (TPSA) is 103 Å². The van der Waals surface area contributed by atoms with Gasteiger partial charge in [0.15, 0.2) is 0 Å². The van der Waals surface area contributed by atoms with Gasteiger partial charge in [0.1, 0.15) is 11.5 Å². The van der Waals surface area contributed by atoms with Crippen LogP contribution < -0.4 is 20.1 Å². The summed E-state index contributed by atoms with van der Waals surface area (Å²) in [6, 6.07) is 19.4. The first-order valence-electron chi connectivity index (χ1n) is 12.2. The lowest BCUT2D eigenvalue weighted by Gasteiger charge is -2.13. The Balaban J connectivity index is 1.48. The van der Waals surface area contributed by atoms with E-state index in [1.165, 1.54) is 12.1 Å². The van der Waals surface area contributed by atoms with Crippen LogP contribution in [0, 0.1) is 13.8 Å². The average Bonchev–Trinajstić information content (AvgIpc) is 2.88. The molecule has 3 aromatic rings. The van der Waals surface area contributed by atoms with E-state index < -0.39 is 6.16 Å². The minimum absolute atomic E-state index is 0.0941. The van der Waals surface area contributed by atoms with E-state index in [0.29, 0.717) is 30.7 Å². The van der Waals surface area contributed by atoms with Gasteiger partial charge in [0, 0.05) is 24.2 Å². The Bertz CT molecular complexity index is 1200. The highest BCUT2D eigenvalue weighted by Gasteiger charge is 2.12. The van der Waals surface area contributed by atoms with Gasteiger partial charge in [0.25, 0.3) is 5.91 Å². The van der Waals surface area contributed by atoms with Gasteiger partial charge in [-0.15, -0.1) is 0 Å². The molecule has 3 aromatic carbocycles. The Hall–Kier alpha value is -4.33. The number of carbonyl (C=O) groups is 3. The molecule has 0 unspecified atom stereocenters. The van der Waals surface area contributed by atoms with Gasteiger partial charge in [-0.3, -0.25) is 9.59 Å². The SMILES string of the molecule is CCOC(=O)Oc1ccc(C(=O)Nc2ccccc2CNC(=O)CCCOc2c(C)cccc2C)cc1. The molecule has 0 saturated heterocycles. The van der Waals surface area contributed by atoms with E-state index in [-0.39, 0.29) is 30.7 Å². The maximum absolute atomic E-state index is 12.7. The van der Waals surface area contributed by atoms with Crippen molar-refractivity contribution in [1.29, 1.82) is 0 Å². The van der Waals surface area contributed by atoms with Crippen LogP contribution in [0.5, 0.6) is 11.5 Å². The quantitative estimate of drug-likeness (QED) is 0.201. The van der Waals surface area contributed by atoms with Crippen molar-refractivity contribution in [1.82, 2.24) is 5.32 Å². The minimum Gasteiger partial charge on any atom is -0.493 e. The summed E-state index contributed by atoms with van der Waals surface area (Å²) in [5, 5.41) is 5.77. The van der Waals surface area contributed by atoms with Crippen molar-refractivity contribution in [2.75, 3.05) is 18.5 Å². The normalized spacial score (nSPS) is 10.4. The van der Waals surface area contributed by atoms with E-state index in [2.05, 4.69) is 10.6 Å². The number of hydrogen-bond donors (Lipinski definition) is 2. The van der Waals surface area contributed by atoms with E-state index >= 15 is 0 Å². The number of carbonyl (C=O) groups excluding carboxylic acids is 3. The van der Waals surface area contributed by atoms with Crippen LogP contribution in [0.25, 0.3) is 0 Å². The molecule has 0 spiro atoms. The zero-order valence-electron chi connectivity index (χ0n) is 21.3. The predicted octanol–water partition coefficient (Wildman–Crippen LogP) is 5.57. The fourth-order valence-electron chi connectivity index (χ4n) is 3.62. The molecule has 0 fully saturated rings. The molecule has 0 aliphatic carbocycles. The molecule has 2 N–H and O–H groups in total. The highest BCUT2D eigenvalue weighted by molar-refractivity contribution is 6.04. The monoisotopic (exact) mass is 504 g/mol. The van der Waals surface area contributed by atoms with Crippen LogP contribution in [0.4, 0.5) is 10.5 Å². The molecule has 2 amide bonds. The van der Waals surface area contributed by atoms with Gasteiger partial charge >= 0.3 is 6.16 Å². The van der Waals surface area contributed by atoms with Crippen LogP contribution in [-0.2, 0) is 16.1 Å². The Morgan fingerprint density at radius 1 is 0.865 bits per heavy atom. The van der Waals surface area contributed by atoms with Gasteiger partial charge in [0.05, 0.1) is 13.2 Å². The molecule has 0 aromatic heterocycles. The number of amides is 2. The molecule has 8 nitrogen and oxygen atoms in total. The molecule has 0 radical (unpaired) electrons. The summed E-state index contributed by atoms with van der Waals surface area (Å²) in [5.41, 5.74) is 3.91. The molecular formula is C29H32N2O6. The zero-order valence-corrected chi connectivity index (χ0v) is 21.3. The van der Waals surface area contributed by atoms with Gasteiger partial charge in [-0.2, -0.15) is 0 Å². The maximum Gasteiger partial charge on any atom is 0.513 e. The molecule has 37 heavy (non-hydrogen) atoms. The second-order valence-electron chi connectivity index (χ2n) is 8.37. The number of ether oxygens (including phenoxy) is 3. The molecule has 8 heteroatoms. The van der Waals surface area contributed by atoms with E-state index in [1.54, 1.807) is 25.1 Å². The highest BCUT2D eigenvalue weighted by Crippen LogP contribution is 2.22. The predicted molar refractivity (Wildman–Crippen MR) is 141 cm³/mol. The molecule has 0 aliphatic heterocycles. The van der Waals surface area contributed by atoms with Crippen LogP contribution in [0.1, 0.15) is 46.8 Å². The van der Waals surface area contributed by atoms with Gasteiger partial charge in [-0.25, -0.2) is 4.79 Å². The zero-order chi connectivity index (χ0) is 26.6. The third-order valence-corrected chi connectivity index (χ3v) is 5.52.